The third kappa shape index (κ3) is 5.39. The minimum atomic E-state index is -0.548. The Morgan fingerprint density at radius 3 is 2.44 bits per heavy atom. The molecule has 2 unspecified atom stereocenters. The standard InChI is InChI=1S/C28H30N2O4/c1-3-24(21-13-9-6-10-14-21)30-18-22-17-23(15-16-26(22)34-25(4-2)27(30)31)29-28(32)33-19-20-11-7-5-8-12-20/h5-17,24-25H,3-4,18-19H2,1-2H3,(H,29,32). The lowest BCUT2D eigenvalue weighted by Crippen LogP contribution is -2.41. The SMILES string of the molecule is CCC1Oc2ccc(NC(=O)OCc3ccccc3)cc2CN(C(CC)c2ccccc2)C1=O. The van der Waals surface area contributed by atoms with Gasteiger partial charge in [-0.3, -0.25) is 10.1 Å². The first-order chi connectivity index (χ1) is 16.6. The molecular weight excluding hydrogens is 428 g/mol. The smallest absolute Gasteiger partial charge is 0.411 e. The fraction of sp³-hybridized carbons (Fsp3) is 0.286. The van der Waals surface area contributed by atoms with Gasteiger partial charge in [-0.1, -0.05) is 74.5 Å². The Labute approximate surface area is 200 Å². The zero-order valence-corrected chi connectivity index (χ0v) is 19.6. The van der Waals surface area contributed by atoms with Crippen LogP contribution < -0.4 is 10.1 Å². The van der Waals surface area contributed by atoms with Crippen molar-refractivity contribution in [3.05, 3.63) is 95.6 Å². The van der Waals surface area contributed by atoms with Crippen LogP contribution in [0, 0.1) is 0 Å². The summed E-state index contributed by atoms with van der Waals surface area (Å²) in [5.41, 5.74) is 3.45. The highest BCUT2D eigenvalue weighted by molar-refractivity contribution is 5.85. The van der Waals surface area contributed by atoms with Crippen molar-refractivity contribution in [3.8, 4) is 5.75 Å². The molecule has 0 spiro atoms. The maximum Gasteiger partial charge on any atom is 0.411 e. The topological polar surface area (TPSA) is 67.9 Å². The number of ether oxygens (including phenoxy) is 2. The van der Waals surface area contributed by atoms with Gasteiger partial charge in [-0.05, 0) is 42.2 Å². The van der Waals surface area contributed by atoms with E-state index < -0.39 is 12.2 Å². The number of carbonyl (C=O) groups excluding carboxylic acids is 2. The Hall–Kier alpha value is -3.80. The lowest BCUT2D eigenvalue weighted by Gasteiger charge is -2.32. The number of amides is 2. The summed E-state index contributed by atoms with van der Waals surface area (Å²) in [6.07, 6.45) is 0.277. The van der Waals surface area contributed by atoms with Crippen molar-refractivity contribution in [2.45, 2.75) is 52.0 Å². The van der Waals surface area contributed by atoms with Crippen LogP contribution in [0.2, 0.25) is 0 Å². The molecule has 0 bridgehead atoms. The number of nitrogens with one attached hydrogen (secondary N) is 1. The highest BCUT2D eigenvalue weighted by atomic mass is 16.5. The van der Waals surface area contributed by atoms with Gasteiger partial charge >= 0.3 is 6.09 Å². The Morgan fingerprint density at radius 1 is 1.06 bits per heavy atom. The fourth-order valence-electron chi connectivity index (χ4n) is 4.26. The second kappa shape index (κ2) is 10.9. The largest absolute Gasteiger partial charge is 0.480 e. The molecule has 1 heterocycles. The average Bonchev–Trinajstić information content (AvgIpc) is 3.01. The van der Waals surface area contributed by atoms with Crippen molar-refractivity contribution in [1.82, 2.24) is 4.90 Å². The van der Waals surface area contributed by atoms with E-state index in [1.165, 1.54) is 0 Å². The van der Waals surface area contributed by atoms with Crippen molar-refractivity contribution >= 4 is 17.7 Å². The van der Waals surface area contributed by atoms with E-state index in [1.807, 2.05) is 72.5 Å². The predicted octanol–water partition coefficient (Wildman–Crippen LogP) is 6.09. The van der Waals surface area contributed by atoms with Gasteiger partial charge in [0.2, 0.25) is 0 Å². The Kier molecular flexibility index (Phi) is 7.48. The summed E-state index contributed by atoms with van der Waals surface area (Å²) in [4.78, 5) is 27.7. The van der Waals surface area contributed by atoms with Crippen LogP contribution >= 0.6 is 0 Å². The number of hydrogen-bond acceptors (Lipinski definition) is 4. The van der Waals surface area contributed by atoms with E-state index >= 15 is 0 Å². The molecule has 1 aliphatic heterocycles. The third-order valence-corrected chi connectivity index (χ3v) is 6.01. The summed E-state index contributed by atoms with van der Waals surface area (Å²) in [6.45, 7) is 4.62. The van der Waals surface area contributed by atoms with Crippen LogP contribution in [0.3, 0.4) is 0 Å². The highest BCUT2D eigenvalue weighted by Gasteiger charge is 2.34. The van der Waals surface area contributed by atoms with Crippen LogP contribution in [0.25, 0.3) is 0 Å². The normalized spacial score (nSPS) is 16.1. The maximum atomic E-state index is 13.4. The minimum absolute atomic E-state index is 0.0221. The van der Waals surface area contributed by atoms with Crippen LogP contribution in [-0.2, 0) is 22.7 Å². The van der Waals surface area contributed by atoms with E-state index in [1.54, 1.807) is 6.07 Å². The van der Waals surface area contributed by atoms with E-state index in [4.69, 9.17) is 9.47 Å². The highest BCUT2D eigenvalue weighted by Crippen LogP contribution is 2.34. The molecule has 1 aliphatic rings. The number of benzene rings is 3. The monoisotopic (exact) mass is 458 g/mol. The lowest BCUT2D eigenvalue weighted by atomic mass is 10.0. The van der Waals surface area contributed by atoms with Gasteiger partial charge in [-0.15, -0.1) is 0 Å². The number of anilines is 1. The van der Waals surface area contributed by atoms with Crippen LogP contribution in [-0.4, -0.2) is 23.0 Å². The van der Waals surface area contributed by atoms with E-state index in [-0.39, 0.29) is 18.6 Å². The van der Waals surface area contributed by atoms with Gasteiger partial charge in [-0.2, -0.15) is 0 Å². The number of nitrogens with zero attached hydrogens (tertiary/aromatic N) is 1. The predicted molar refractivity (Wildman–Crippen MR) is 131 cm³/mol. The molecule has 0 saturated heterocycles. The molecule has 0 aliphatic carbocycles. The van der Waals surface area contributed by atoms with Crippen molar-refractivity contribution < 1.29 is 19.1 Å². The summed E-state index contributed by atoms with van der Waals surface area (Å²) < 4.78 is 11.5. The van der Waals surface area contributed by atoms with Gasteiger partial charge < -0.3 is 14.4 Å². The van der Waals surface area contributed by atoms with Gasteiger partial charge in [0.1, 0.15) is 12.4 Å². The first-order valence-electron chi connectivity index (χ1n) is 11.7. The molecule has 0 fully saturated rings. The molecule has 2 amide bonds. The molecule has 0 saturated carbocycles. The molecule has 0 radical (unpaired) electrons. The zero-order valence-electron chi connectivity index (χ0n) is 19.6. The van der Waals surface area contributed by atoms with E-state index in [9.17, 15) is 9.59 Å². The van der Waals surface area contributed by atoms with Crippen LogP contribution in [0.5, 0.6) is 5.75 Å². The van der Waals surface area contributed by atoms with Crippen LogP contribution in [0.1, 0.15) is 49.4 Å². The second-order valence-electron chi connectivity index (χ2n) is 8.32. The molecular formula is C28H30N2O4. The molecule has 6 nitrogen and oxygen atoms in total. The summed E-state index contributed by atoms with van der Waals surface area (Å²) in [6, 6.07) is 25.0. The first-order valence-corrected chi connectivity index (χ1v) is 11.7. The summed E-state index contributed by atoms with van der Waals surface area (Å²) in [7, 11) is 0. The minimum Gasteiger partial charge on any atom is -0.480 e. The third-order valence-electron chi connectivity index (χ3n) is 6.01. The first kappa shape index (κ1) is 23.4. The number of rotatable bonds is 7. The fourth-order valence-corrected chi connectivity index (χ4v) is 4.26. The van der Waals surface area contributed by atoms with Gasteiger partial charge in [0.15, 0.2) is 6.10 Å². The zero-order chi connectivity index (χ0) is 23.9. The molecule has 1 N–H and O–H groups in total. The molecule has 4 rings (SSSR count). The van der Waals surface area contributed by atoms with Crippen molar-refractivity contribution in [2.75, 3.05) is 5.32 Å². The molecule has 6 heteroatoms. The maximum absolute atomic E-state index is 13.4. The Bertz CT molecular complexity index is 1120. The van der Waals surface area contributed by atoms with Crippen LogP contribution in [0.4, 0.5) is 10.5 Å². The molecule has 3 aromatic rings. The number of hydrogen-bond donors (Lipinski definition) is 1. The van der Waals surface area contributed by atoms with E-state index in [0.717, 1.165) is 23.1 Å². The van der Waals surface area contributed by atoms with Crippen molar-refractivity contribution in [1.29, 1.82) is 0 Å². The summed E-state index contributed by atoms with van der Waals surface area (Å²) in [5, 5.41) is 2.79. The van der Waals surface area contributed by atoms with Gasteiger partial charge in [0, 0.05) is 11.3 Å². The number of fused-ring (bicyclic) bond motifs is 1. The van der Waals surface area contributed by atoms with Gasteiger partial charge in [0.05, 0.1) is 12.6 Å². The molecule has 2 atom stereocenters. The van der Waals surface area contributed by atoms with Crippen LogP contribution in [0.15, 0.2) is 78.9 Å². The summed E-state index contributed by atoms with van der Waals surface area (Å²) in [5.74, 6) is 0.639. The van der Waals surface area contributed by atoms with E-state index in [2.05, 4.69) is 24.4 Å². The average molecular weight is 459 g/mol. The van der Waals surface area contributed by atoms with Crippen molar-refractivity contribution in [2.24, 2.45) is 0 Å². The Morgan fingerprint density at radius 2 is 1.76 bits per heavy atom. The Balaban J connectivity index is 1.54. The van der Waals surface area contributed by atoms with Gasteiger partial charge in [-0.25, -0.2) is 4.79 Å². The molecule has 0 aromatic heterocycles. The molecule has 34 heavy (non-hydrogen) atoms. The van der Waals surface area contributed by atoms with Crippen molar-refractivity contribution in [3.63, 3.8) is 0 Å². The van der Waals surface area contributed by atoms with Gasteiger partial charge in [0.25, 0.3) is 5.91 Å². The number of carbonyl (C=O) groups is 2. The molecule has 3 aromatic carbocycles. The lowest BCUT2D eigenvalue weighted by molar-refractivity contribution is -0.141. The summed E-state index contributed by atoms with van der Waals surface area (Å²) >= 11 is 0. The quantitative estimate of drug-likeness (QED) is 0.465. The molecule has 176 valence electrons. The van der Waals surface area contributed by atoms with E-state index in [0.29, 0.717) is 24.4 Å². The second-order valence-corrected chi connectivity index (χ2v) is 8.32.